The fourth-order valence-electron chi connectivity index (χ4n) is 3.24. The number of rotatable bonds is 8. The first kappa shape index (κ1) is 21.1. The molecule has 0 spiro atoms. The smallest absolute Gasteiger partial charge is 0.251 e. The highest BCUT2D eigenvalue weighted by atomic mass is 16.5. The lowest BCUT2D eigenvalue weighted by atomic mass is 10.1. The number of nitrogens with one attached hydrogen (secondary N) is 1. The van der Waals surface area contributed by atoms with Crippen molar-refractivity contribution in [3.05, 3.63) is 59.2 Å². The van der Waals surface area contributed by atoms with E-state index in [0.29, 0.717) is 23.6 Å². The van der Waals surface area contributed by atoms with Gasteiger partial charge in [0.05, 0.1) is 26.4 Å². The second kappa shape index (κ2) is 10.3. The SMILES string of the molecule is COc1cc(CNC(=O)c2ccc(CN3CCOCC3)cc2)ccc1OC(C)C. The first-order valence-electron chi connectivity index (χ1n) is 10.1. The lowest BCUT2D eigenvalue weighted by Crippen LogP contribution is -2.35. The lowest BCUT2D eigenvalue weighted by molar-refractivity contribution is 0.0342. The molecule has 1 heterocycles. The van der Waals surface area contributed by atoms with E-state index in [1.165, 1.54) is 5.56 Å². The number of methoxy groups -OCH3 is 1. The molecule has 2 aromatic rings. The minimum absolute atomic E-state index is 0.0701. The molecule has 0 atom stereocenters. The maximum Gasteiger partial charge on any atom is 0.251 e. The molecule has 156 valence electrons. The van der Waals surface area contributed by atoms with Crippen LogP contribution in [0.1, 0.15) is 35.3 Å². The van der Waals surface area contributed by atoms with Crippen molar-refractivity contribution in [2.75, 3.05) is 33.4 Å². The van der Waals surface area contributed by atoms with E-state index in [0.717, 1.165) is 38.4 Å². The molecular formula is C23H30N2O4. The summed E-state index contributed by atoms with van der Waals surface area (Å²) < 4.78 is 16.5. The van der Waals surface area contributed by atoms with Crippen molar-refractivity contribution in [2.24, 2.45) is 0 Å². The van der Waals surface area contributed by atoms with E-state index < -0.39 is 0 Å². The third-order valence-electron chi connectivity index (χ3n) is 4.77. The van der Waals surface area contributed by atoms with Gasteiger partial charge in [0, 0.05) is 31.7 Å². The zero-order valence-corrected chi connectivity index (χ0v) is 17.4. The molecule has 1 fully saturated rings. The molecule has 0 radical (unpaired) electrons. The fourth-order valence-corrected chi connectivity index (χ4v) is 3.24. The Labute approximate surface area is 172 Å². The van der Waals surface area contributed by atoms with Crippen LogP contribution in [-0.4, -0.2) is 50.3 Å². The summed E-state index contributed by atoms with van der Waals surface area (Å²) >= 11 is 0. The van der Waals surface area contributed by atoms with Crippen LogP contribution in [0.4, 0.5) is 0 Å². The Morgan fingerprint density at radius 1 is 1.07 bits per heavy atom. The third kappa shape index (κ3) is 6.21. The van der Waals surface area contributed by atoms with Gasteiger partial charge in [-0.15, -0.1) is 0 Å². The van der Waals surface area contributed by atoms with E-state index in [1.54, 1.807) is 7.11 Å². The van der Waals surface area contributed by atoms with Crippen molar-refractivity contribution < 1.29 is 19.0 Å². The minimum atomic E-state index is -0.0932. The summed E-state index contributed by atoms with van der Waals surface area (Å²) in [6, 6.07) is 13.5. The van der Waals surface area contributed by atoms with Crippen molar-refractivity contribution >= 4 is 5.91 Å². The minimum Gasteiger partial charge on any atom is -0.493 e. The molecule has 2 aromatic carbocycles. The Bertz CT molecular complexity index is 799. The average Bonchev–Trinajstić information content (AvgIpc) is 2.73. The maximum absolute atomic E-state index is 12.5. The molecule has 0 aliphatic carbocycles. The van der Waals surface area contributed by atoms with Crippen LogP contribution in [0.15, 0.2) is 42.5 Å². The van der Waals surface area contributed by atoms with Gasteiger partial charge in [0.2, 0.25) is 0 Å². The Morgan fingerprint density at radius 3 is 2.41 bits per heavy atom. The van der Waals surface area contributed by atoms with Gasteiger partial charge in [0.25, 0.3) is 5.91 Å². The van der Waals surface area contributed by atoms with Crippen LogP contribution in [0, 0.1) is 0 Å². The van der Waals surface area contributed by atoms with E-state index in [-0.39, 0.29) is 12.0 Å². The number of carbonyl (C=O) groups is 1. The van der Waals surface area contributed by atoms with Gasteiger partial charge in [-0.3, -0.25) is 9.69 Å². The molecule has 0 unspecified atom stereocenters. The van der Waals surface area contributed by atoms with Gasteiger partial charge in [0.1, 0.15) is 0 Å². The van der Waals surface area contributed by atoms with Gasteiger partial charge >= 0.3 is 0 Å². The summed E-state index contributed by atoms with van der Waals surface area (Å²) in [6.07, 6.45) is 0.0701. The standard InChI is InChI=1S/C23H30N2O4/c1-17(2)29-21-9-6-19(14-22(21)27-3)15-24-23(26)20-7-4-18(5-8-20)16-25-10-12-28-13-11-25/h4-9,14,17H,10-13,15-16H2,1-3H3,(H,24,26). The van der Waals surface area contributed by atoms with Crippen LogP contribution >= 0.6 is 0 Å². The molecule has 29 heavy (non-hydrogen) atoms. The molecule has 1 saturated heterocycles. The predicted molar refractivity (Wildman–Crippen MR) is 112 cm³/mol. The molecule has 0 aromatic heterocycles. The molecule has 0 bridgehead atoms. The number of morpholine rings is 1. The zero-order valence-electron chi connectivity index (χ0n) is 17.4. The van der Waals surface area contributed by atoms with Crippen molar-refractivity contribution in [1.29, 1.82) is 0 Å². The first-order chi connectivity index (χ1) is 14.0. The Kier molecular flexibility index (Phi) is 7.49. The molecule has 1 aliphatic rings. The molecule has 3 rings (SSSR count). The lowest BCUT2D eigenvalue weighted by Gasteiger charge is -2.26. The number of hydrogen-bond donors (Lipinski definition) is 1. The van der Waals surface area contributed by atoms with Crippen molar-refractivity contribution in [3.8, 4) is 11.5 Å². The maximum atomic E-state index is 12.5. The van der Waals surface area contributed by atoms with Crippen molar-refractivity contribution in [3.63, 3.8) is 0 Å². The van der Waals surface area contributed by atoms with E-state index in [9.17, 15) is 4.79 Å². The number of benzene rings is 2. The van der Waals surface area contributed by atoms with Gasteiger partial charge in [-0.1, -0.05) is 18.2 Å². The summed E-state index contributed by atoms with van der Waals surface area (Å²) in [5.41, 5.74) is 2.81. The Balaban J connectivity index is 1.54. The van der Waals surface area contributed by atoms with Crippen molar-refractivity contribution in [1.82, 2.24) is 10.2 Å². The largest absolute Gasteiger partial charge is 0.493 e. The highest BCUT2D eigenvalue weighted by Gasteiger charge is 2.12. The zero-order chi connectivity index (χ0) is 20.6. The van der Waals surface area contributed by atoms with Crippen molar-refractivity contribution in [2.45, 2.75) is 33.0 Å². The van der Waals surface area contributed by atoms with E-state index in [1.807, 2.05) is 56.3 Å². The molecule has 1 amide bonds. The Hall–Kier alpha value is -2.57. The second-order valence-corrected chi connectivity index (χ2v) is 7.42. The summed E-state index contributed by atoms with van der Waals surface area (Å²) in [5, 5.41) is 2.97. The molecular weight excluding hydrogens is 368 g/mol. The monoisotopic (exact) mass is 398 g/mol. The predicted octanol–water partition coefficient (Wildman–Crippen LogP) is 3.24. The quantitative estimate of drug-likeness (QED) is 0.740. The van der Waals surface area contributed by atoms with Gasteiger partial charge in [-0.25, -0.2) is 0 Å². The second-order valence-electron chi connectivity index (χ2n) is 7.42. The van der Waals surface area contributed by atoms with Crippen LogP contribution in [-0.2, 0) is 17.8 Å². The average molecular weight is 399 g/mol. The summed E-state index contributed by atoms with van der Waals surface area (Å²) in [6.45, 7) is 8.73. The Morgan fingerprint density at radius 2 is 1.76 bits per heavy atom. The van der Waals surface area contributed by atoms with Crippen LogP contribution in [0.5, 0.6) is 11.5 Å². The number of amides is 1. The highest BCUT2D eigenvalue weighted by Crippen LogP contribution is 2.29. The van der Waals surface area contributed by atoms with E-state index >= 15 is 0 Å². The molecule has 1 N–H and O–H groups in total. The number of hydrogen-bond acceptors (Lipinski definition) is 5. The van der Waals surface area contributed by atoms with E-state index in [2.05, 4.69) is 10.2 Å². The molecule has 6 nitrogen and oxygen atoms in total. The number of nitrogens with zero attached hydrogens (tertiary/aromatic N) is 1. The normalized spacial score (nSPS) is 14.6. The van der Waals surface area contributed by atoms with Gasteiger partial charge < -0.3 is 19.5 Å². The van der Waals surface area contributed by atoms with Gasteiger partial charge in [-0.2, -0.15) is 0 Å². The van der Waals surface area contributed by atoms with Gasteiger partial charge in [-0.05, 0) is 49.2 Å². The topological polar surface area (TPSA) is 60.0 Å². The van der Waals surface area contributed by atoms with Crippen LogP contribution in [0.2, 0.25) is 0 Å². The van der Waals surface area contributed by atoms with Crippen LogP contribution < -0.4 is 14.8 Å². The molecule has 6 heteroatoms. The van der Waals surface area contributed by atoms with Crippen LogP contribution in [0.25, 0.3) is 0 Å². The summed E-state index contributed by atoms with van der Waals surface area (Å²) in [4.78, 5) is 14.9. The van der Waals surface area contributed by atoms with Crippen LogP contribution in [0.3, 0.4) is 0 Å². The summed E-state index contributed by atoms with van der Waals surface area (Å²) in [7, 11) is 1.61. The molecule has 0 saturated carbocycles. The highest BCUT2D eigenvalue weighted by molar-refractivity contribution is 5.94. The first-order valence-corrected chi connectivity index (χ1v) is 10.1. The number of carbonyl (C=O) groups excluding carboxylic acids is 1. The number of ether oxygens (including phenoxy) is 3. The molecule has 1 aliphatic heterocycles. The third-order valence-corrected chi connectivity index (χ3v) is 4.77. The fraction of sp³-hybridized carbons (Fsp3) is 0.435. The van der Waals surface area contributed by atoms with Gasteiger partial charge in [0.15, 0.2) is 11.5 Å². The summed E-state index contributed by atoms with van der Waals surface area (Å²) in [5.74, 6) is 1.27. The van der Waals surface area contributed by atoms with E-state index in [4.69, 9.17) is 14.2 Å².